The maximum atomic E-state index is 12.9. The van der Waals surface area contributed by atoms with Crippen LogP contribution in [0.15, 0.2) is 59.0 Å². The predicted molar refractivity (Wildman–Crippen MR) is 109 cm³/mol. The molecule has 5 heteroatoms. The van der Waals surface area contributed by atoms with Gasteiger partial charge in [-0.3, -0.25) is 4.79 Å². The van der Waals surface area contributed by atoms with Gasteiger partial charge in [0.25, 0.3) is 5.91 Å². The molecule has 0 radical (unpaired) electrons. The van der Waals surface area contributed by atoms with Crippen LogP contribution in [0.3, 0.4) is 0 Å². The molecule has 0 saturated carbocycles. The van der Waals surface area contributed by atoms with Crippen LogP contribution < -0.4 is 5.32 Å². The number of aryl methyl sites for hydroxylation is 1. The molecule has 0 atom stereocenters. The molecule has 1 N–H and O–H groups in total. The summed E-state index contributed by atoms with van der Waals surface area (Å²) in [5.41, 5.74) is 3.06. The molecular formula is C23H19NO4. The smallest absolute Gasteiger partial charge is 0.338 e. The third-order valence-electron chi connectivity index (χ3n) is 5.02. The summed E-state index contributed by atoms with van der Waals surface area (Å²) in [6.45, 7) is 3.63. The lowest BCUT2D eigenvalue weighted by Gasteiger charge is -2.10. The second kappa shape index (κ2) is 6.85. The predicted octanol–water partition coefficient (Wildman–Crippen LogP) is 5.24. The largest absolute Gasteiger partial charge is 0.465 e. The fourth-order valence-corrected chi connectivity index (χ4v) is 3.45. The normalized spacial score (nSPS) is 11.0. The molecule has 1 aromatic heterocycles. The van der Waals surface area contributed by atoms with Crippen molar-refractivity contribution in [1.29, 1.82) is 0 Å². The number of hydrogen-bond donors (Lipinski definition) is 1. The molecule has 140 valence electrons. The van der Waals surface area contributed by atoms with Crippen molar-refractivity contribution < 1.29 is 18.7 Å². The van der Waals surface area contributed by atoms with Gasteiger partial charge in [0.1, 0.15) is 5.58 Å². The van der Waals surface area contributed by atoms with Crippen LogP contribution in [0.1, 0.15) is 32.0 Å². The summed E-state index contributed by atoms with van der Waals surface area (Å²) < 4.78 is 10.8. The third kappa shape index (κ3) is 2.81. The Morgan fingerprint density at radius 1 is 0.893 bits per heavy atom. The first-order valence-corrected chi connectivity index (χ1v) is 8.91. The number of carbonyl (C=O) groups is 2. The molecule has 0 aliphatic rings. The highest BCUT2D eigenvalue weighted by Crippen LogP contribution is 2.32. The zero-order chi connectivity index (χ0) is 19.8. The molecule has 4 aromatic rings. The summed E-state index contributed by atoms with van der Waals surface area (Å²) >= 11 is 0. The number of rotatable bonds is 3. The average molecular weight is 373 g/mol. The number of hydrogen-bond acceptors (Lipinski definition) is 4. The number of methoxy groups -OCH3 is 1. The van der Waals surface area contributed by atoms with Crippen LogP contribution in [0.2, 0.25) is 0 Å². The fraction of sp³-hybridized carbons (Fsp3) is 0.130. The first-order chi connectivity index (χ1) is 13.5. The van der Waals surface area contributed by atoms with E-state index in [0.717, 1.165) is 21.7 Å². The number of esters is 1. The Kier molecular flexibility index (Phi) is 4.35. The van der Waals surface area contributed by atoms with E-state index in [-0.39, 0.29) is 11.7 Å². The Balaban J connectivity index is 1.75. The van der Waals surface area contributed by atoms with Crippen LogP contribution in [-0.4, -0.2) is 19.0 Å². The Morgan fingerprint density at radius 3 is 2.46 bits per heavy atom. The Morgan fingerprint density at radius 2 is 1.68 bits per heavy atom. The number of carbonyl (C=O) groups excluding carboxylic acids is 2. The average Bonchev–Trinajstić information content (AvgIpc) is 3.06. The number of furan rings is 1. The van der Waals surface area contributed by atoms with Gasteiger partial charge < -0.3 is 14.5 Å². The third-order valence-corrected chi connectivity index (χ3v) is 5.02. The number of ether oxygens (including phenoxy) is 1. The molecule has 0 fully saturated rings. The Hall–Kier alpha value is -3.60. The molecule has 0 unspecified atom stereocenters. The van der Waals surface area contributed by atoms with Gasteiger partial charge in [-0.05, 0) is 36.9 Å². The minimum Gasteiger partial charge on any atom is -0.465 e. The second-order valence-corrected chi connectivity index (χ2v) is 6.64. The van der Waals surface area contributed by atoms with Crippen LogP contribution >= 0.6 is 0 Å². The zero-order valence-corrected chi connectivity index (χ0v) is 15.8. The Bertz CT molecular complexity index is 1240. The SMILES string of the molecule is COC(=O)c1cccc(NC(=O)c2oc3c(ccc4ccccc43)c2C)c1C. The quantitative estimate of drug-likeness (QED) is 0.499. The van der Waals surface area contributed by atoms with Crippen LogP contribution in [0.5, 0.6) is 0 Å². The number of amides is 1. The van der Waals surface area contributed by atoms with Crippen molar-refractivity contribution >= 4 is 39.3 Å². The number of benzene rings is 3. The van der Waals surface area contributed by atoms with Gasteiger partial charge in [-0.15, -0.1) is 0 Å². The minimum absolute atomic E-state index is 0.259. The van der Waals surface area contributed by atoms with Gasteiger partial charge in [0.05, 0.1) is 12.7 Å². The molecule has 1 heterocycles. The molecule has 0 aliphatic heterocycles. The summed E-state index contributed by atoms with van der Waals surface area (Å²) in [6, 6.07) is 17.0. The van der Waals surface area contributed by atoms with Crippen LogP contribution in [-0.2, 0) is 4.74 Å². The fourth-order valence-electron chi connectivity index (χ4n) is 3.45. The number of anilines is 1. The molecule has 1 amide bonds. The van der Waals surface area contributed by atoms with Gasteiger partial charge in [0.15, 0.2) is 5.76 Å². The molecule has 0 aliphatic carbocycles. The van der Waals surface area contributed by atoms with Crippen LogP contribution in [0, 0.1) is 13.8 Å². The highest BCUT2D eigenvalue weighted by atomic mass is 16.5. The van der Waals surface area contributed by atoms with Gasteiger partial charge >= 0.3 is 5.97 Å². The van der Waals surface area contributed by atoms with Crippen molar-refractivity contribution in [3.05, 3.63) is 77.0 Å². The summed E-state index contributed by atoms with van der Waals surface area (Å²) in [4.78, 5) is 24.8. The van der Waals surface area contributed by atoms with E-state index in [2.05, 4.69) is 5.32 Å². The van der Waals surface area contributed by atoms with Crippen molar-refractivity contribution in [1.82, 2.24) is 0 Å². The van der Waals surface area contributed by atoms with E-state index >= 15 is 0 Å². The monoisotopic (exact) mass is 373 g/mol. The van der Waals surface area contributed by atoms with E-state index in [4.69, 9.17) is 9.15 Å². The van der Waals surface area contributed by atoms with Crippen LogP contribution in [0.25, 0.3) is 21.7 Å². The standard InChI is InChI=1S/C23H19NO4/c1-13-17(23(26)27-3)9-6-10-19(13)24-22(25)20-14(2)16-12-11-15-7-4-5-8-18(15)21(16)28-20/h4-12H,1-3H3,(H,24,25). The molecule has 28 heavy (non-hydrogen) atoms. The first-order valence-electron chi connectivity index (χ1n) is 8.91. The van der Waals surface area contributed by atoms with Gasteiger partial charge in [-0.25, -0.2) is 4.79 Å². The van der Waals surface area contributed by atoms with Gasteiger partial charge in [0, 0.05) is 22.0 Å². The van der Waals surface area contributed by atoms with E-state index in [0.29, 0.717) is 22.4 Å². The summed E-state index contributed by atoms with van der Waals surface area (Å²) in [7, 11) is 1.33. The van der Waals surface area contributed by atoms with Crippen LogP contribution in [0.4, 0.5) is 5.69 Å². The van der Waals surface area contributed by atoms with E-state index in [1.807, 2.05) is 43.3 Å². The summed E-state index contributed by atoms with van der Waals surface area (Å²) in [5.74, 6) is -0.544. The lowest BCUT2D eigenvalue weighted by molar-refractivity contribution is 0.0599. The number of nitrogens with one attached hydrogen (secondary N) is 1. The Labute approximate surface area is 161 Å². The highest BCUT2D eigenvalue weighted by Gasteiger charge is 2.20. The van der Waals surface area contributed by atoms with Crippen molar-refractivity contribution in [2.24, 2.45) is 0 Å². The maximum absolute atomic E-state index is 12.9. The molecular weight excluding hydrogens is 354 g/mol. The summed E-state index contributed by atoms with van der Waals surface area (Å²) in [5, 5.41) is 5.78. The second-order valence-electron chi connectivity index (χ2n) is 6.64. The van der Waals surface area contributed by atoms with Gasteiger partial charge in [0.2, 0.25) is 0 Å². The summed E-state index contributed by atoms with van der Waals surface area (Å²) in [6.07, 6.45) is 0. The van der Waals surface area contributed by atoms with E-state index in [9.17, 15) is 9.59 Å². The molecule has 0 bridgehead atoms. The van der Waals surface area contributed by atoms with E-state index < -0.39 is 5.97 Å². The minimum atomic E-state index is -0.444. The first kappa shape index (κ1) is 17.8. The van der Waals surface area contributed by atoms with E-state index in [1.54, 1.807) is 25.1 Å². The zero-order valence-electron chi connectivity index (χ0n) is 15.8. The topological polar surface area (TPSA) is 68.5 Å². The lowest BCUT2D eigenvalue weighted by atomic mass is 10.1. The van der Waals surface area contributed by atoms with Crippen molar-refractivity contribution in [3.8, 4) is 0 Å². The molecule has 3 aromatic carbocycles. The van der Waals surface area contributed by atoms with E-state index in [1.165, 1.54) is 7.11 Å². The van der Waals surface area contributed by atoms with Crippen molar-refractivity contribution in [2.75, 3.05) is 12.4 Å². The van der Waals surface area contributed by atoms with Crippen molar-refractivity contribution in [2.45, 2.75) is 13.8 Å². The lowest BCUT2D eigenvalue weighted by Crippen LogP contribution is -2.14. The maximum Gasteiger partial charge on any atom is 0.338 e. The van der Waals surface area contributed by atoms with Gasteiger partial charge in [-0.1, -0.05) is 42.5 Å². The molecule has 4 rings (SSSR count). The molecule has 0 spiro atoms. The van der Waals surface area contributed by atoms with Crippen molar-refractivity contribution in [3.63, 3.8) is 0 Å². The van der Waals surface area contributed by atoms with Gasteiger partial charge in [-0.2, -0.15) is 0 Å². The highest BCUT2D eigenvalue weighted by molar-refractivity contribution is 6.11. The molecule has 5 nitrogen and oxygen atoms in total. The number of fused-ring (bicyclic) bond motifs is 3. The molecule has 0 saturated heterocycles.